The zero-order chi connectivity index (χ0) is 25.4. The molecule has 1 atom stereocenters. The Morgan fingerprint density at radius 2 is 1.66 bits per heavy atom. The normalized spacial score (nSPS) is 11.3. The maximum atomic E-state index is 12.9. The van der Waals surface area contributed by atoms with Crippen molar-refractivity contribution in [3.8, 4) is 11.5 Å². The Morgan fingerprint density at radius 3 is 2.37 bits per heavy atom. The average molecular weight is 475 g/mol. The number of hydrogen-bond donors (Lipinski definition) is 2. The molecule has 3 rings (SSSR count). The second-order valence-corrected chi connectivity index (χ2v) is 8.20. The minimum Gasteiger partial charge on any atom is -0.495 e. The first-order valence-electron chi connectivity index (χ1n) is 11.4. The second-order valence-electron chi connectivity index (χ2n) is 8.20. The minimum atomic E-state index is -0.692. The van der Waals surface area contributed by atoms with Gasteiger partial charge in [-0.3, -0.25) is 14.4 Å². The summed E-state index contributed by atoms with van der Waals surface area (Å²) in [7, 11) is 1.51. The summed E-state index contributed by atoms with van der Waals surface area (Å²) in [5, 5.41) is 5.51. The maximum Gasteiger partial charge on any atom is 0.265 e. The van der Waals surface area contributed by atoms with Crippen LogP contribution in [0.15, 0.2) is 66.7 Å². The van der Waals surface area contributed by atoms with Gasteiger partial charge in [0.15, 0.2) is 11.9 Å². The van der Waals surface area contributed by atoms with Gasteiger partial charge in [-0.25, -0.2) is 0 Å². The van der Waals surface area contributed by atoms with Crippen LogP contribution in [0.25, 0.3) is 0 Å². The van der Waals surface area contributed by atoms with E-state index >= 15 is 0 Å². The number of amides is 2. The van der Waals surface area contributed by atoms with Crippen molar-refractivity contribution in [1.29, 1.82) is 0 Å². The van der Waals surface area contributed by atoms with Crippen molar-refractivity contribution in [2.24, 2.45) is 0 Å². The molecule has 1 unspecified atom stereocenters. The molecule has 0 saturated heterocycles. The molecule has 182 valence electrons. The second kappa shape index (κ2) is 11.8. The third kappa shape index (κ3) is 6.93. The number of ether oxygens (including phenoxy) is 2. The molecule has 0 radical (unpaired) electrons. The molecule has 0 fully saturated rings. The molecule has 7 heteroatoms. The largest absolute Gasteiger partial charge is 0.495 e. The summed E-state index contributed by atoms with van der Waals surface area (Å²) >= 11 is 0. The number of carbonyl (C=O) groups excluding carboxylic acids is 3. The molecule has 0 saturated carbocycles. The van der Waals surface area contributed by atoms with Gasteiger partial charge < -0.3 is 20.1 Å². The number of methoxy groups -OCH3 is 1. The first-order valence-corrected chi connectivity index (χ1v) is 11.4. The van der Waals surface area contributed by atoms with Gasteiger partial charge in [-0.1, -0.05) is 48.9 Å². The van der Waals surface area contributed by atoms with Crippen molar-refractivity contribution < 1.29 is 23.9 Å². The van der Waals surface area contributed by atoms with Gasteiger partial charge in [-0.2, -0.15) is 0 Å². The van der Waals surface area contributed by atoms with E-state index in [0.717, 1.165) is 11.1 Å². The Kier molecular flexibility index (Phi) is 8.62. The van der Waals surface area contributed by atoms with Crippen LogP contribution in [0.3, 0.4) is 0 Å². The highest BCUT2D eigenvalue weighted by Crippen LogP contribution is 2.24. The molecule has 0 aliphatic carbocycles. The Bertz CT molecular complexity index is 1220. The number of rotatable bonds is 10. The lowest BCUT2D eigenvalue weighted by Gasteiger charge is -2.19. The van der Waals surface area contributed by atoms with E-state index in [-0.39, 0.29) is 18.1 Å². The predicted octanol–water partition coefficient (Wildman–Crippen LogP) is 5.32. The van der Waals surface area contributed by atoms with Crippen molar-refractivity contribution in [2.45, 2.75) is 39.7 Å². The highest BCUT2D eigenvalue weighted by molar-refractivity contribution is 6.11. The number of carbonyl (C=O) groups is 3. The SMILES string of the molecule is CCC(Oc1ccc(C)cc1C)C(=O)Nc1cccc(C(=O)CC(=O)Nc2ccccc2OC)c1. The smallest absolute Gasteiger partial charge is 0.265 e. The average Bonchev–Trinajstić information content (AvgIpc) is 2.84. The molecular formula is C28H30N2O5. The molecular weight excluding hydrogens is 444 g/mol. The number of hydrogen-bond acceptors (Lipinski definition) is 5. The van der Waals surface area contributed by atoms with Crippen LogP contribution in [0.1, 0.15) is 41.3 Å². The molecule has 2 N–H and O–H groups in total. The Labute approximate surface area is 205 Å². The fourth-order valence-corrected chi connectivity index (χ4v) is 3.59. The first-order chi connectivity index (χ1) is 16.8. The molecule has 0 aromatic heterocycles. The number of ketones is 1. The van der Waals surface area contributed by atoms with Crippen molar-refractivity contribution in [1.82, 2.24) is 0 Å². The van der Waals surface area contributed by atoms with Gasteiger partial charge in [-0.15, -0.1) is 0 Å². The Balaban J connectivity index is 1.63. The number of nitrogens with one attached hydrogen (secondary N) is 2. The molecule has 7 nitrogen and oxygen atoms in total. The summed E-state index contributed by atoms with van der Waals surface area (Å²) in [5.74, 6) is 0.0223. The molecule has 0 heterocycles. The van der Waals surface area contributed by atoms with Gasteiger partial charge in [0.05, 0.1) is 19.2 Å². The van der Waals surface area contributed by atoms with E-state index in [2.05, 4.69) is 10.6 Å². The topological polar surface area (TPSA) is 93.7 Å². The van der Waals surface area contributed by atoms with Gasteiger partial charge in [0.1, 0.15) is 11.5 Å². The van der Waals surface area contributed by atoms with Crippen molar-refractivity contribution in [3.05, 3.63) is 83.4 Å². The van der Waals surface area contributed by atoms with Crippen LogP contribution in [-0.2, 0) is 9.59 Å². The minimum absolute atomic E-state index is 0.314. The van der Waals surface area contributed by atoms with Crippen LogP contribution < -0.4 is 20.1 Å². The highest BCUT2D eigenvalue weighted by atomic mass is 16.5. The van der Waals surface area contributed by atoms with E-state index in [4.69, 9.17) is 9.47 Å². The van der Waals surface area contributed by atoms with Gasteiger partial charge in [0.2, 0.25) is 5.91 Å². The van der Waals surface area contributed by atoms with E-state index in [0.29, 0.717) is 34.9 Å². The Hall–Kier alpha value is -4.13. The van der Waals surface area contributed by atoms with Crippen LogP contribution in [0.5, 0.6) is 11.5 Å². The van der Waals surface area contributed by atoms with Gasteiger partial charge in [-0.05, 0) is 56.2 Å². The van der Waals surface area contributed by atoms with E-state index in [9.17, 15) is 14.4 Å². The lowest BCUT2D eigenvalue weighted by atomic mass is 10.1. The van der Waals surface area contributed by atoms with E-state index in [1.54, 1.807) is 48.5 Å². The van der Waals surface area contributed by atoms with E-state index in [1.807, 2.05) is 39.0 Å². The zero-order valence-electron chi connectivity index (χ0n) is 20.4. The molecule has 0 aliphatic rings. The third-order valence-corrected chi connectivity index (χ3v) is 5.42. The standard InChI is InChI=1S/C28H30N2O5/c1-5-24(35-25-14-13-18(2)15-19(25)3)28(33)29-21-10-8-9-20(16-21)23(31)17-27(32)30-22-11-6-7-12-26(22)34-4/h6-16,24H,5,17H2,1-4H3,(H,29,33)(H,30,32). The molecule has 0 spiro atoms. The van der Waals surface area contributed by atoms with Crippen LogP contribution in [0.4, 0.5) is 11.4 Å². The van der Waals surface area contributed by atoms with Crippen LogP contribution in [0, 0.1) is 13.8 Å². The van der Waals surface area contributed by atoms with Crippen molar-refractivity contribution in [3.63, 3.8) is 0 Å². The first kappa shape index (κ1) is 25.5. The lowest BCUT2D eigenvalue weighted by molar-refractivity contribution is -0.122. The van der Waals surface area contributed by atoms with Gasteiger partial charge >= 0.3 is 0 Å². The third-order valence-electron chi connectivity index (χ3n) is 5.42. The molecule has 3 aromatic carbocycles. The molecule has 2 amide bonds. The summed E-state index contributed by atoms with van der Waals surface area (Å²) in [6.07, 6.45) is -0.564. The van der Waals surface area contributed by atoms with Gasteiger partial charge in [0.25, 0.3) is 5.91 Å². The van der Waals surface area contributed by atoms with E-state index < -0.39 is 12.0 Å². The maximum absolute atomic E-state index is 12.9. The Morgan fingerprint density at radius 1 is 0.886 bits per heavy atom. The van der Waals surface area contributed by atoms with Crippen LogP contribution in [-0.4, -0.2) is 30.8 Å². The van der Waals surface area contributed by atoms with Gasteiger partial charge in [0, 0.05) is 11.3 Å². The highest BCUT2D eigenvalue weighted by Gasteiger charge is 2.20. The molecule has 0 bridgehead atoms. The summed E-state index contributed by atoms with van der Waals surface area (Å²) in [4.78, 5) is 38.0. The summed E-state index contributed by atoms with van der Waals surface area (Å²) in [6.45, 7) is 5.80. The number of Topliss-reactive ketones (excluding diaryl/α,β-unsaturated/α-hetero) is 1. The van der Waals surface area contributed by atoms with Crippen molar-refractivity contribution >= 4 is 29.0 Å². The molecule has 3 aromatic rings. The number of anilines is 2. The quantitative estimate of drug-likeness (QED) is 0.306. The molecule has 35 heavy (non-hydrogen) atoms. The lowest BCUT2D eigenvalue weighted by Crippen LogP contribution is -2.32. The summed E-state index contributed by atoms with van der Waals surface area (Å²) in [6, 6.07) is 19.3. The fourth-order valence-electron chi connectivity index (χ4n) is 3.59. The van der Waals surface area contributed by atoms with Crippen LogP contribution >= 0.6 is 0 Å². The van der Waals surface area contributed by atoms with Crippen molar-refractivity contribution in [2.75, 3.05) is 17.7 Å². The summed E-state index contributed by atoms with van der Waals surface area (Å²) < 4.78 is 11.2. The number of benzene rings is 3. The zero-order valence-corrected chi connectivity index (χ0v) is 20.4. The number of para-hydroxylation sites is 2. The predicted molar refractivity (Wildman–Crippen MR) is 136 cm³/mol. The monoisotopic (exact) mass is 474 g/mol. The fraction of sp³-hybridized carbons (Fsp3) is 0.250. The molecule has 0 aliphatic heterocycles. The van der Waals surface area contributed by atoms with E-state index in [1.165, 1.54) is 7.11 Å². The van der Waals surface area contributed by atoms with Crippen LogP contribution in [0.2, 0.25) is 0 Å². The summed E-state index contributed by atoms with van der Waals surface area (Å²) in [5.41, 5.74) is 3.33. The number of aryl methyl sites for hydroxylation is 2.